The molecule has 0 atom stereocenters. The number of nitrogens with one attached hydrogen (secondary N) is 1. The molecule has 3 rings (SSSR count). The van der Waals surface area contributed by atoms with E-state index in [1.54, 1.807) is 10.6 Å². The lowest BCUT2D eigenvalue weighted by Crippen LogP contribution is -2.24. The van der Waals surface area contributed by atoms with Crippen molar-refractivity contribution in [3.8, 4) is 0 Å². The third-order valence-electron chi connectivity index (χ3n) is 4.03. The second-order valence-corrected chi connectivity index (χ2v) is 5.57. The van der Waals surface area contributed by atoms with Crippen LogP contribution >= 0.6 is 0 Å². The predicted octanol–water partition coefficient (Wildman–Crippen LogP) is 2.39. The summed E-state index contributed by atoms with van der Waals surface area (Å²) in [5.41, 5.74) is 0.613. The topological polar surface area (TPSA) is 73.0 Å². The van der Waals surface area contributed by atoms with Gasteiger partial charge in [-0.05, 0) is 25.0 Å². The number of aryl methyl sites for hydroxylation is 1. The van der Waals surface area contributed by atoms with Crippen molar-refractivity contribution >= 4 is 5.91 Å². The molecule has 2 aromatic rings. The lowest BCUT2D eigenvalue weighted by Gasteiger charge is -2.17. The van der Waals surface area contributed by atoms with Crippen LogP contribution < -0.4 is 5.32 Å². The van der Waals surface area contributed by atoms with Crippen molar-refractivity contribution in [2.75, 3.05) is 0 Å². The summed E-state index contributed by atoms with van der Waals surface area (Å²) in [5.74, 6) is 1.54. The monoisotopic (exact) mass is 288 g/mol. The molecule has 0 radical (unpaired) electrons. The fourth-order valence-corrected chi connectivity index (χ4v) is 2.81. The number of nitrogens with zero attached hydrogens (tertiary/aromatic N) is 3. The van der Waals surface area contributed by atoms with Gasteiger partial charge in [0.2, 0.25) is 5.89 Å². The van der Waals surface area contributed by atoms with Crippen LogP contribution in [-0.2, 0) is 13.6 Å². The first-order valence-corrected chi connectivity index (χ1v) is 7.46. The van der Waals surface area contributed by atoms with Crippen molar-refractivity contribution in [2.45, 2.75) is 44.6 Å². The highest BCUT2D eigenvalue weighted by Gasteiger charge is 2.21. The molecule has 6 heteroatoms. The van der Waals surface area contributed by atoms with Crippen molar-refractivity contribution < 1.29 is 9.32 Å². The van der Waals surface area contributed by atoms with Crippen LogP contribution in [0.1, 0.15) is 60.2 Å². The molecule has 1 aliphatic rings. The number of carbonyl (C=O) groups is 1. The van der Waals surface area contributed by atoms with E-state index < -0.39 is 0 Å². The maximum absolute atomic E-state index is 12.0. The highest BCUT2D eigenvalue weighted by molar-refractivity contribution is 5.92. The number of carbonyl (C=O) groups excluding carboxylic acids is 1. The van der Waals surface area contributed by atoms with Crippen molar-refractivity contribution in [1.82, 2.24) is 20.0 Å². The molecule has 0 bridgehead atoms. The van der Waals surface area contributed by atoms with Gasteiger partial charge < -0.3 is 14.4 Å². The van der Waals surface area contributed by atoms with E-state index in [0.717, 1.165) is 18.7 Å². The van der Waals surface area contributed by atoms with Crippen LogP contribution in [0.25, 0.3) is 0 Å². The molecule has 0 aromatic carbocycles. The molecular formula is C15H20N4O2. The first-order valence-electron chi connectivity index (χ1n) is 7.46. The standard InChI is InChI=1S/C15H20N4O2/c1-19-9-5-8-12(19)15(20)16-10-13-17-14(18-21-13)11-6-3-2-4-7-11/h5,8-9,11H,2-4,6-7,10H2,1H3,(H,16,20). The molecule has 0 unspecified atom stereocenters. The summed E-state index contributed by atoms with van der Waals surface area (Å²) < 4.78 is 7.01. The summed E-state index contributed by atoms with van der Waals surface area (Å²) in [6.45, 7) is 0.268. The number of amides is 1. The fourth-order valence-electron chi connectivity index (χ4n) is 2.81. The molecular weight excluding hydrogens is 268 g/mol. The average molecular weight is 288 g/mol. The van der Waals surface area contributed by atoms with Crippen LogP contribution in [0.2, 0.25) is 0 Å². The highest BCUT2D eigenvalue weighted by atomic mass is 16.5. The van der Waals surface area contributed by atoms with E-state index in [-0.39, 0.29) is 12.5 Å². The minimum atomic E-state index is -0.139. The first kappa shape index (κ1) is 13.9. The van der Waals surface area contributed by atoms with Gasteiger partial charge >= 0.3 is 0 Å². The minimum Gasteiger partial charge on any atom is -0.347 e. The number of hydrogen-bond donors (Lipinski definition) is 1. The Balaban J connectivity index is 1.57. The molecule has 2 heterocycles. The van der Waals surface area contributed by atoms with Gasteiger partial charge in [0, 0.05) is 19.2 Å². The predicted molar refractivity (Wildman–Crippen MR) is 76.7 cm³/mol. The minimum absolute atomic E-state index is 0.139. The number of rotatable bonds is 4. The van der Waals surface area contributed by atoms with Crippen LogP contribution in [-0.4, -0.2) is 20.6 Å². The summed E-state index contributed by atoms with van der Waals surface area (Å²) >= 11 is 0. The summed E-state index contributed by atoms with van der Waals surface area (Å²) in [6, 6.07) is 3.61. The fraction of sp³-hybridized carbons (Fsp3) is 0.533. The van der Waals surface area contributed by atoms with E-state index in [2.05, 4.69) is 15.5 Å². The Morgan fingerprint density at radius 3 is 2.95 bits per heavy atom. The molecule has 112 valence electrons. The van der Waals surface area contributed by atoms with Crippen LogP contribution in [0.4, 0.5) is 0 Å². The van der Waals surface area contributed by atoms with E-state index in [1.807, 2.05) is 19.3 Å². The van der Waals surface area contributed by atoms with Gasteiger partial charge in [-0.25, -0.2) is 0 Å². The zero-order valence-corrected chi connectivity index (χ0v) is 12.2. The van der Waals surface area contributed by atoms with E-state index in [9.17, 15) is 4.79 Å². The second-order valence-electron chi connectivity index (χ2n) is 5.57. The molecule has 1 saturated carbocycles. The molecule has 1 aliphatic carbocycles. The first-order chi connectivity index (χ1) is 10.2. The van der Waals surface area contributed by atoms with Gasteiger partial charge in [0.15, 0.2) is 5.82 Å². The van der Waals surface area contributed by atoms with Gasteiger partial charge in [-0.3, -0.25) is 4.79 Å². The van der Waals surface area contributed by atoms with E-state index in [0.29, 0.717) is 17.5 Å². The Morgan fingerprint density at radius 1 is 1.43 bits per heavy atom. The molecule has 6 nitrogen and oxygen atoms in total. The summed E-state index contributed by atoms with van der Waals surface area (Å²) in [6.07, 6.45) is 7.87. The van der Waals surface area contributed by atoms with Gasteiger partial charge in [-0.1, -0.05) is 24.4 Å². The molecule has 2 aromatic heterocycles. The van der Waals surface area contributed by atoms with E-state index in [1.165, 1.54) is 19.3 Å². The Labute approximate surface area is 123 Å². The molecule has 0 saturated heterocycles. The Hall–Kier alpha value is -2.11. The normalized spacial score (nSPS) is 16.0. The van der Waals surface area contributed by atoms with Crippen molar-refractivity contribution in [2.24, 2.45) is 7.05 Å². The molecule has 0 aliphatic heterocycles. The molecule has 1 fully saturated rings. The zero-order chi connectivity index (χ0) is 14.7. The molecule has 1 amide bonds. The maximum atomic E-state index is 12.0. The Kier molecular flexibility index (Phi) is 4.03. The largest absolute Gasteiger partial charge is 0.347 e. The van der Waals surface area contributed by atoms with Gasteiger partial charge in [0.1, 0.15) is 5.69 Å². The number of aromatic nitrogens is 3. The van der Waals surface area contributed by atoms with Gasteiger partial charge in [-0.2, -0.15) is 4.98 Å². The summed E-state index contributed by atoms with van der Waals surface area (Å²) in [5, 5.41) is 6.86. The van der Waals surface area contributed by atoms with Gasteiger partial charge in [0.25, 0.3) is 5.91 Å². The van der Waals surface area contributed by atoms with E-state index in [4.69, 9.17) is 4.52 Å². The third-order valence-corrected chi connectivity index (χ3v) is 4.03. The Morgan fingerprint density at radius 2 is 2.24 bits per heavy atom. The third kappa shape index (κ3) is 3.15. The lowest BCUT2D eigenvalue weighted by molar-refractivity contribution is 0.0938. The molecule has 1 N–H and O–H groups in total. The second kappa shape index (κ2) is 6.11. The quantitative estimate of drug-likeness (QED) is 0.937. The van der Waals surface area contributed by atoms with Crippen molar-refractivity contribution in [3.05, 3.63) is 35.7 Å². The smallest absolute Gasteiger partial charge is 0.268 e. The molecule has 21 heavy (non-hydrogen) atoms. The van der Waals surface area contributed by atoms with Gasteiger partial charge in [-0.15, -0.1) is 0 Å². The van der Waals surface area contributed by atoms with Crippen molar-refractivity contribution in [3.63, 3.8) is 0 Å². The highest BCUT2D eigenvalue weighted by Crippen LogP contribution is 2.30. The van der Waals surface area contributed by atoms with Crippen LogP contribution in [0.15, 0.2) is 22.9 Å². The van der Waals surface area contributed by atoms with Crippen LogP contribution in [0, 0.1) is 0 Å². The van der Waals surface area contributed by atoms with E-state index >= 15 is 0 Å². The maximum Gasteiger partial charge on any atom is 0.268 e. The SMILES string of the molecule is Cn1cccc1C(=O)NCc1nc(C2CCCCC2)no1. The summed E-state index contributed by atoms with van der Waals surface area (Å²) in [4.78, 5) is 16.4. The van der Waals surface area contributed by atoms with Crippen LogP contribution in [0.5, 0.6) is 0 Å². The van der Waals surface area contributed by atoms with Gasteiger partial charge in [0.05, 0.1) is 6.54 Å². The zero-order valence-electron chi connectivity index (χ0n) is 12.2. The lowest BCUT2D eigenvalue weighted by atomic mass is 9.89. The van der Waals surface area contributed by atoms with Crippen molar-refractivity contribution in [1.29, 1.82) is 0 Å². The summed E-state index contributed by atoms with van der Waals surface area (Å²) in [7, 11) is 1.84. The Bertz CT molecular complexity index is 611. The molecule has 0 spiro atoms. The average Bonchev–Trinajstić information content (AvgIpc) is 3.15. The van der Waals surface area contributed by atoms with Crippen LogP contribution in [0.3, 0.4) is 0 Å². The number of hydrogen-bond acceptors (Lipinski definition) is 4.